The minimum Gasteiger partial charge on any atom is -0.463 e. The van der Waals surface area contributed by atoms with Crippen LogP contribution in [0.5, 0.6) is 0 Å². The molecule has 0 aromatic carbocycles. The van der Waals surface area contributed by atoms with Gasteiger partial charge in [-0.1, -0.05) is 0 Å². The van der Waals surface area contributed by atoms with Crippen LogP contribution in [0.4, 0.5) is 0 Å². The number of esters is 3. The number of amides is 1. The van der Waals surface area contributed by atoms with Crippen LogP contribution in [0.15, 0.2) is 0 Å². The normalized spacial score (nSPS) is 33.7. The fourth-order valence-corrected chi connectivity index (χ4v) is 3.04. The van der Waals surface area contributed by atoms with E-state index in [-0.39, 0.29) is 12.5 Å². The second-order valence-corrected chi connectivity index (χ2v) is 6.00. The van der Waals surface area contributed by atoms with Gasteiger partial charge in [0.05, 0.1) is 6.10 Å². The van der Waals surface area contributed by atoms with Crippen LogP contribution in [0.2, 0.25) is 0 Å². The molecule has 2 rings (SSSR count). The Morgan fingerprint density at radius 1 is 1.04 bits per heavy atom. The Hall–Kier alpha value is -2.16. The quantitative estimate of drug-likeness (QED) is 0.522. The van der Waals surface area contributed by atoms with E-state index >= 15 is 0 Å². The molecular weight excluding hydrogens is 322 g/mol. The van der Waals surface area contributed by atoms with Crippen LogP contribution in [-0.4, -0.2) is 60.4 Å². The summed E-state index contributed by atoms with van der Waals surface area (Å²) in [5.41, 5.74) is -0.940. The predicted octanol–water partition coefficient (Wildman–Crippen LogP) is -0.541. The smallest absolute Gasteiger partial charge is 0.303 e. The zero-order chi connectivity index (χ0) is 18.1. The lowest BCUT2D eigenvalue weighted by Gasteiger charge is -2.41. The lowest BCUT2D eigenvalue weighted by atomic mass is 9.95. The molecule has 2 fully saturated rings. The molecule has 1 N–H and O–H groups in total. The number of carbonyl (C=O) groups excluding carboxylic acids is 4. The van der Waals surface area contributed by atoms with E-state index in [1.54, 1.807) is 0 Å². The van der Waals surface area contributed by atoms with E-state index in [0.29, 0.717) is 6.42 Å². The predicted molar refractivity (Wildman–Crippen MR) is 77.6 cm³/mol. The summed E-state index contributed by atoms with van der Waals surface area (Å²) in [4.78, 5) is 45.5. The Morgan fingerprint density at radius 2 is 1.67 bits per heavy atom. The molecule has 2 aliphatic rings. The maximum absolute atomic E-state index is 11.5. The van der Waals surface area contributed by atoms with E-state index in [2.05, 4.69) is 5.32 Å². The molecule has 0 radical (unpaired) electrons. The van der Waals surface area contributed by atoms with Gasteiger partial charge in [-0.15, -0.1) is 0 Å². The van der Waals surface area contributed by atoms with Gasteiger partial charge in [-0.05, 0) is 0 Å². The lowest BCUT2D eigenvalue weighted by Crippen LogP contribution is -2.63. The minimum atomic E-state index is -1.00. The first kappa shape index (κ1) is 18.2. The summed E-state index contributed by atoms with van der Waals surface area (Å²) >= 11 is 0. The number of ether oxygens (including phenoxy) is 4. The van der Waals surface area contributed by atoms with Gasteiger partial charge in [0.1, 0.15) is 18.2 Å². The molecule has 1 saturated carbocycles. The van der Waals surface area contributed by atoms with Gasteiger partial charge in [-0.3, -0.25) is 19.2 Å². The SMILES string of the molecule is CC(=O)NC12C[C@@H]1OC(COC(C)=O)[C@@H](OC(C)=O)C2OC(C)=O. The highest BCUT2D eigenvalue weighted by atomic mass is 16.6. The Bertz CT molecular complexity index is 562. The van der Waals surface area contributed by atoms with Crippen LogP contribution in [0.1, 0.15) is 34.1 Å². The van der Waals surface area contributed by atoms with Gasteiger partial charge >= 0.3 is 17.9 Å². The largest absolute Gasteiger partial charge is 0.463 e. The van der Waals surface area contributed by atoms with Crippen LogP contribution in [0.3, 0.4) is 0 Å². The topological polar surface area (TPSA) is 117 Å². The van der Waals surface area contributed by atoms with Crippen LogP contribution in [0, 0.1) is 0 Å². The zero-order valence-corrected chi connectivity index (χ0v) is 14.0. The summed E-state index contributed by atoms with van der Waals surface area (Å²) in [6.45, 7) is 4.85. The maximum atomic E-state index is 11.5. The molecule has 1 heterocycles. The van der Waals surface area contributed by atoms with Crippen molar-refractivity contribution in [3.05, 3.63) is 0 Å². The fourth-order valence-electron chi connectivity index (χ4n) is 3.04. The number of nitrogens with one attached hydrogen (secondary N) is 1. The highest BCUT2D eigenvalue weighted by molar-refractivity contribution is 5.75. The lowest BCUT2D eigenvalue weighted by molar-refractivity contribution is -0.207. The van der Waals surface area contributed by atoms with Crippen molar-refractivity contribution in [1.29, 1.82) is 0 Å². The third-order valence-electron chi connectivity index (χ3n) is 3.90. The van der Waals surface area contributed by atoms with Crippen molar-refractivity contribution in [1.82, 2.24) is 5.32 Å². The van der Waals surface area contributed by atoms with Crippen molar-refractivity contribution in [2.45, 2.75) is 64.1 Å². The van der Waals surface area contributed by atoms with E-state index in [1.807, 2.05) is 0 Å². The third kappa shape index (κ3) is 3.84. The van der Waals surface area contributed by atoms with Gasteiger partial charge in [-0.2, -0.15) is 0 Å². The number of fused-ring (bicyclic) bond motifs is 1. The van der Waals surface area contributed by atoms with Crippen LogP contribution in [0.25, 0.3) is 0 Å². The summed E-state index contributed by atoms with van der Waals surface area (Å²) in [5, 5.41) is 2.74. The second-order valence-electron chi connectivity index (χ2n) is 6.00. The molecule has 5 atom stereocenters. The first-order chi connectivity index (χ1) is 11.2. The van der Waals surface area contributed by atoms with E-state index in [4.69, 9.17) is 18.9 Å². The molecule has 0 aromatic heterocycles. The van der Waals surface area contributed by atoms with E-state index < -0.39 is 47.9 Å². The molecule has 134 valence electrons. The molecule has 1 amide bonds. The third-order valence-corrected chi connectivity index (χ3v) is 3.90. The molecule has 9 nitrogen and oxygen atoms in total. The van der Waals surface area contributed by atoms with Crippen molar-refractivity contribution in [2.75, 3.05) is 6.61 Å². The average Bonchev–Trinajstić information content (AvgIpc) is 3.11. The monoisotopic (exact) mass is 343 g/mol. The Morgan fingerprint density at radius 3 is 2.17 bits per heavy atom. The molecule has 3 unspecified atom stereocenters. The molecule has 1 aliphatic carbocycles. The number of hydrogen-bond acceptors (Lipinski definition) is 8. The zero-order valence-electron chi connectivity index (χ0n) is 14.0. The molecular formula is C15H21NO8. The number of rotatable bonds is 5. The first-order valence-electron chi connectivity index (χ1n) is 7.57. The molecule has 1 saturated heterocycles. The first-order valence-corrected chi connectivity index (χ1v) is 7.57. The highest BCUT2D eigenvalue weighted by Crippen LogP contribution is 2.50. The van der Waals surface area contributed by atoms with E-state index in [0.717, 1.165) is 0 Å². The van der Waals surface area contributed by atoms with Gasteiger partial charge < -0.3 is 24.3 Å². The van der Waals surface area contributed by atoms with Gasteiger partial charge in [0.15, 0.2) is 12.2 Å². The molecule has 0 aromatic rings. The van der Waals surface area contributed by atoms with Gasteiger partial charge in [-0.25, -0.2) is 0 Å². The van der Waals surface area contributed by atoms with Crippen molar-refractivity contribution >= 4 is 23.8 Å². The highest BCUT2D eigenvalue weighted by Gasteiger charge is 2.70. The Balaban J connectivity index is 2.28. The van der Waals surface area contributed by atoms with Gasteiger partial charge in [0.25, 0.3) is 0 Å². The summed E-state index contributed by atoms with van der Waals surface area (Å²) in [6, 6.07) is 0. The Kier molecular flexibility index (Phi) is 5.12. The molecule has 24 heavy (non-hydrogen) atoms. The molecule has 1 aliphatic heterocycles. The Labute approximate surface area is 138 Å². The fraction of sp³-hybridized carbons (Fsp3) is 0.733. The van der Waals surface area contributed by atoms with Crippen LogP contribution in [-0.2, 0) is 38.1 Å². The van der Waals surface area contributed by atoms with Crippen molar-refractivity contribution < 1.29 is 38.1 Å². The summed E-state index contributed by atoms with van der Waals surface area (Å²) in [7, 11) is 0. The molecule has 0 spiro atoms. The summed E-state index contributed by atoms with van der Waals surface area (Å²) in [6.07, 6.45) is -2.74. The standard InChI is InChI=1S/C15H21NO8/c1-7(17)16-15-5-12(15)24-11(6-21-8(2)18)13(22-9(3)19)14(15)23-10(4)20/h11-14H,5-6H2,1-4H3,(H,16,17)/t11?,12-,13+,14?,15?/m0/s1. The van der Waals surface area contributed by atoms with Crippen molar-refractivity contribution in [2.24, 2.45) is 0 Å². The molecule has 9 heteroatoms. The van der Waals surface area contributed by atoms with Crippen LogP contribution < -0.4 is 5.32 Å². The number of carbonyl (C=O) groups is 4. The van der Waals surface area contributed by atoms with E-state index in [1.165, 1.54) is 27.7 Å². The van der Waals surface area contributed by atoms with Crippen molar-refractivity contribution in [3.63, 3.8) is 0 Å². The minimum absolute atomic E-state index is 0.155. The van der Waals surface area contributed by atoms with Gasteiger partial charge in [0, 0.05) is 34.1 Å². The maximum Gasteiger partial charge on any atom is 0.303 e. The summed E-state index contributed by atoms with van der Waals surface area (Å²) < 4.78 is 21.3. The van der Waals surface area contributed by atoms with Crippen LogP contribution >= 0.6 is 0 Å². The van der Waals surface area contributed by atoms with E-state index in [9.17, 15) is 19.2 Å². The molecule has 0 bridgehead atoms. The van der Waals surface area contributed by atoms with Crippen molar-refractivity contribution in [3.8, 4) is 0 Å². The number of hydrogen-bond donors (Lipinski definition) is 1. The summed E-state index contributed by atoms with van der Waals surface area (Å²) in [5.74, 6) is -2.02. The van der Waals surface area contributed by atoms with Gasteiger partial charge in [0.2, 0.25) is 5.91 Å². The second kappa shape index (κ2) is 6.76. The average molecular weight is 343 g/mol.